The zero-order valence-corrected chi connectivity index (χ0v) is 21.5. The van der Waals surface area contributed by atoms with Gasteiger partial charge in [0, 0.05) is 6.07 Å². The van der Waals surface area contributed by atoms with Gasteiger partial charge in [0.25, 0.3) is 10.1 Å². The monoisotopic (exact) mass is 576 g/mol. The molecule has 3 N–H and O–H groups in total. The fourth-order valence-corrected chi connectivity index (χ4v) is 5.34. The molecule has 0 aliphatic rings. The van der Waals surface area contributed by atoms with Gasteiger partial charge in [-0.25, -0.2) is 12.6 Å². The molecule has 0 atom stereocenters. The highest BCUT2D eigenvalue weighted by Gasteiger charge is 2.22. The molecule has 0 radical (unpaired) electrons. The number of nitrogens with zero attached hydrogens (tertiary/aromatic N) is 4. The van der Waals surface area contributed by atoms with Crippen molar-refractivity contribution in [2.45, 2.75) is 16.7 Å². The van der Waals surface area contributed by atoms with E-state index in [1.807, 2.05) is 0 Å². The molecule has 3 rings (SSSR count). The highest BCUT2D eigenvalue weighted by molar-refractivity contribution is 7.91. The summed E-state index contributed by atoms with van der Waals surface area (Å²) in [7, 11) is -12.1. The molecule has 0 unspecified atom stereocenters. The molecule has 0 bridgehead atoms. The topological polar surface area (TPSA) is 224 Å². The number of rotatable bonds is 10. The van der Waals surface area contributed by atoms with Gasteiger partial charge in [0.2, 0.25) is 5.88 Å². The van der Waals surface area contributed by atoms with E-state index >= 15 is 0 Å². The first-order valence-corrected chi connectivity index (χ1v) is 14.4. The second-order valence-corrected chi connectivity index (χ2v) is 11.9. The Morgan fingerprint density at radius 3 is 2.30 bits per heavy atom. The summed E-state index contributed by atoms with van der Waals surface area (Å²) < 4.78 is 97.3. The predicted octanol–water partition coefficient (Wildman–Crippen LogP) is 2.15. The number of sulfone groups is 1. The maximum absolute atomic E-state index is 12.6. The third kappa shape index (κ3) is 6.87. The molecule has 15 nitrogen and oxygen atoms in total. The Morgan fingerprint density at radius 2 is 1.68 bits per heavy atom. The van der Waals surface area contributed by atoms with Crippen LogP contribution in [0.25, 0.3) is 5.69 Å². The van der Waals surface area contributed by atoms with Crippen LogP contribution in [-0.2, 0) is 34.5 Å². The normalized spacial score (nSPS) is 12.8. The summed E-state index contributed by atoms with van der Waals surface area (Å²) in [5.41, 5.74) is 0.267. The lowest BCUT2D eigenvalue weighted by Crippen LogP contribution is -2.16. The fourth-order valence-electron chi connectivity index (χ4n) is 3.07. The van der Waals surface area contributed by atoms with Crippen molar-refractivity contribution in [2.24, 2.45) is 10.2 Å². The predicted molar refractivity (Wildman–Crippen MR) is 127 cm³/mol. The first-order valence-electron chi connectivity index (χ1n) is 9.92. The van der Waals surface area contributed by atoms with Crippen molar-refractivity contribution < 1.29 is 48.4 Å². The smallest absolute Gasteiger partial charge is 0.397 e. The molecule has 0 fully saturated rings. The minimum absolute atomic E-state index is 0.0173. The Bertz CT molecular complexity index is 1680. The minimum atomic E-state index is -4.80. The SMILES string of the molecule is COc1cc(S(=O)(=O)CCOS(=O)(=O)O)c(C)cc1/N=N/c1cnn(-c2cccc(S(=O)(=O)O)c2)c1O. The van der Waals surface area contributed by atoms with Crippen LogP contribution in [0.3, 0.4) is 0 Å². The maximum Gasteiger partial charge on any atom is 0.397 e. The van der Waals surface area contributed by atoms with Crippen molar-refractivity contribution in [3.8, 4) is 17.3 Å². The number of ether oxygens (including phenoxy) is 1. The van der Waals surface area contributed by atoms with Crippen molar-refractivity contribution >= 4 is 41.7 Å². The summed E-state index contributed by atoms with van der Waals surface area (Å²) in [4.78, 5) is -0.612. The van der Waals surface area contributed by atoms with Crippen LogP contribution < -0.4 is 4.74 Å². The van der Waals surface area contributed by atoms with Crippen molar-refractivity contribution in [3.63, 3.8) is 0 Å². The average Bonchev–Trinajstić information content (AvgIpc) is 3.16. The third-order valence-corrected chi connectivity index (χ3v) is 7.87. The standard InChI is InChI=1S/C19H20N4O11S3/c1-12-8-15(17(33-2)10-18(12)35(25,26)7-6-34-37(30,31)32)21-22-16-11-20-23(19(16)24)13-4-3-5-14(9-13)36(27,28)29/h3-5,8-11,24H,6-7H2,1-2H3,(H,27,28,29)(H,30,31,32)/b22-21+. The Labute approximate surface area is 211 Å². The summed E-state index contributed by atoms with van der Waals surface area (Å²) in [5, 5.41) is 22.3. The molecular weight excluding hydrogens is 556 g/mol. The van der Waals surface area contributed by atoms with Crippen molar-refractivity contribution in [1.29, 1.82) is 0 Å². The van der Waals surface area contributed by atoms with Crippen LogP contribution in [0.5, 0.6) is 11.6 Å². The number of azo groups is 1. The maximum atomic E-state index is 12.6. The molecule has 1 heterocycles. The number of hydrogen-bond acceptors (Lipinski definition) is 12. The molecule has 0 spiro atoms. The zero-order valence-electron chi connectivity index (χ0n) is 19.1. The molecular formula is C19H20N4O11S3. The van der Waals surface area contributed by atoms with Crippen LogP contribution in [0, 0.1) is 6.92 Å². The Morgan fingerprint density at radius 1 is 1.00 bits per heavy atom. The first kappa shape index (κ1) is 28.2. The van der Waals surface area contributed by atoms with Gasteiger partial charge in [-0.15, -0.1) is 10.2 Å². The van der Waals surface area contributed by atoms with Gasteiger partial charge in [-0.05, 0) is 36.8 Å². The third-order valence-electron chi connectivity index (χ3n) is 4.75. The fraction of sp³-hybridized carbons (Fsp3) is 0.211. The van der Waals surface area contributed by atoms with Gasteiger partial charge in [0.05, 0.1) is 41.1 Å². The second kappa shape index (κ2) is 10.5. The van der Waals surface area contributed by atoms with Crippen LogP contribution in [-0.4, -0.2) is 68.7 Å². The summed E-state index contributed by atoms with van der Waals surface area (Å²) in [6.45, 7) is 0.646. The molecule has 37 heavy (non-hydrogen) atoms. The summed E-state index contributed by atoms with van der Waals surface area (Å²) in [5.74, 6) is -1.27. The first-order chi connectivity index (χ1) is 17.1. The number of aryl methyl sites for hydroxylation is 1. The van der Waals surface area contributed by atoms with Gasteiger partial charge in [-0.2, -0.15) is 26.6 Å². The van der Waals surface area contributed by atoms with E-state index < -0.39 is 53.5 Å². The number of benzene rings is 2. The van der Waals surface area contributed by atoms with Gasteiger partial charge < -0.3 is 9.84 Å². The lowest BCUT2D eigenvalue weighted by Gasteiger charge is -2.11. The molecule has 0 amide bonds. The minimum Gasteiger partial charge on any atom is -0.494 e. The van der Waals surface area contributed by atoms with Crippen LogP contribution in [0.4, 0.5) is 11.4 Å². The number of aromatic hydroxyl groups is 1. The van der Waals surface area contributed by atoms with Crippen molar-refractivity contribution in [1.82, 2.24) is 9.78 Å². The summed E-state index contributed by atoms with van der Waals surface area (Å²) in [6, 6.07) is 7.47. The van der Waals surface area contributed by atoms with Crippen LogP contribution >= 0.6 is 0 Å². The molecule has 2 aromatic carbocycles. The second-order valence-electron chi connectivity index (χ2n) is 7.30. The highest BCUT2D eigenvalue weighted by atomic mass is 32.3. The van der Waals surface area contributed by atoms with E-state index in [0.717, 1.165) is 29.1 Å². The Hall–Kier alpha value is -3.42. The van der Waals surface area contributed by atoms with E-state index in [1.54, 1.807) is 0 Å². The van der Waals surface area contributed by atoms with E-state index in [4.69, 9.17) is 9.29 Å². The molecule has 0 saturated carbocycles. The molecule has 0 saturated heterocycles. The largest absolute Gasteiger partial charge is 0.494 e. The summed E-state index contributed by atoms with van der Waals surface area (Å²) in [6.07, 6.45) is 1.13. The molecule has 3 aromatic rings. The molecule has 0 aliphatic heterocycles. The average molecular weight is 577 g/mol. The van der Waals surface area contributed by atoms with Gasteiger partial charge in [0.1, 0.15) is 11.4 Å². The molecule has 18 heteroatoms. The van der Waals surface area contributed by atoms with Gasteiger partial charge in [-0.3, -0.25) is 9.11 Å². The Kier molecular flexibility index (Phi) is 8.00. The lowest BCUT2D eigenvalue weighted by atomic mass is 10.2. The quantitative estimate of drug-likeness (QED) is 0.233. The number of methoxy groups -OCH3 is 1. The zero-order chi connectivity index (χ0) is 27.6. The van der Waals surface area contributed by atoms with Crippen molar-refractivity contribution in [2.75, 3.05) is 19.5 Å². The highest BCUT2D eigenvalue weighted by Crippen LogP contribution is 2.36. The lowest BCUT2D eigenvalue weighted by molar-refractivity contribution is 0.284. The number of aromatic nitrogens is 2. The Balaban J connectivity index is 1.90. The summed E-state index contributed by atoms with van der Waals surface area (Å²) >= 11 is 0. The van der Waals surface area contributed by atoms with E-state index in [0.29, 0.717) is 0 Å². The van der Waals surface area contributed by atoms with E-state index in [-0.39, 0.29) is 33.3 Å². The molecule has 200 valence electrons. The van der Waals surface area contributed by atoms with Crippen LogP contribution in [0.2, 0.25) is 0 Å². The van der Waals surface area contributed by atoms with Gasteiger partial charge >= 0.3 is 10.4 Å². The van der Waals surface area contributed by atoms with Crippen molar-refractivity contribution in [3.05, 3.63) is 48.2 Å². The van der Waals surface area contributed by atoms with E-state index in [9.17, 15) is 34.9 Å². The number of hydrogen-bond donors (Lipinski definition) is 3. The van der Waals surface area contributed by atoms with Gasteiger partial charge in [-0.1, -0.05) is 6.07 Å². The van der Waals surface area contributed by atoms with Crippen LogP contribution in [0.15, 0.2) is 62.6 Å². The van der Waals surface area contributed by atoms with E-state index in [1.165, 1.54) is 32.2 Å². The molecule has 0 aliphatic carbocycles. The van der Waals surface area contributed by atoms with E-state index in [2.05, 4.69) is 19.5 Å². The van der Waals surface area contributed by atoms with Gasteiger partial charge in [0.15, 0.2) is 15.5 Å². The van der Waals surface area contributed by atoms with Crippen LogP contribution in [0.1, 0.15) is 5.56 Å². The molecule has 1 aromatic heterocycles.